The maximum absolute atomic E-state index is 4.31. The highest BCUT2D eigenvalue weighted by molar-refractivity contribution is 9.10. The molecule has 0 atom stereocenters. The molecular formula is C15H20BrN3. The molecule has 0 aliphatic rings. The van der Waals surface area contributed by atoms with E-state index < -0.39 is 0 Å². The molecule has 0 saturated heterocycles. The van der Waals surface area contributed by atoms with Crippen LogP contribution in [0.5, 0.6) is 0 Å². The Morgan fingerprint density at radius 3 is 2.63 bits per heavy atom. The Labute approximate surface area is 123 Å². The van der Waals surface area contributed by atoms with Crippen LogP contribution in [0.3, 0.4) is 0 Å². The normalized spacial score (nSPS) is 11.2. The van der Waals surface area contributed by atoms with Crippen molar-refractivity contribution in [2.45, 2.75) is 32.9 Å². The summed E-state index contributed by atoms with van der Waals surface area (Å²) in [5.41, 5.74) is 2.73. The highest BCUT2D eigenvalue weighted by Crippen LogP contribution is 2.13. The molecule has 2 aromatic rings. The first-order chi connectivity index (χ1) is 9.15. The molecule has 0 saturated carbocycles. The highest BCUT2D eigenvalue weighted by atomic mass is 79.9. The SMILES string of the molecule is CC(C)NCCc1ccccc1Cn1cc(Br)cn1. The molecule has 1 aromatic heterocycles. The summed E-state index contributed by atoms with van der Waals surface area (Å²) in [7, 11) is 0. The number of nitrogens with one attached hydrogen (secondary N) is 1. The van der Waals surface area contributed by atoms with Gasteiger partial charge in [-0.1, -0.05) is 38.1 Å². The second-order valence-electron chi connectivity index (χ2n) is 4.98. The third kappa shape index (κ3) is 4.48. The van der Waals surface area contributed by atoms with Crippen LogP contribution in [0.1, 0.15) is 25.0 Å². The fraction of sp³-hybridized carbons (Fsp3) is 0.400. The minimum absolute atomic E-state index is 0.536. The second kappa shape index (κ2) is 6.87. The molecular weight excluding hydrogens is 302 g/mol. The molecule has 0 radical (unpaired) electrons. The van der Waals surface area contributed by atoms with E-state index in [0.717, 1.165) is 24.0 Å². The van der Waals surface area contributed by atoms with Gasteiger partial charge in [-0.25, -0.2) is 0 Å². The van der Waals surface area contributed by atoms with Crippen molar-refractivity contribution < 1.29 is 0 Å². The summed E-state index contributed by atoms with van der Waals surface area (Å²) in [6, 6.07) is 9.12. The molecule has 4 heteroatoms. The zero-order chi connectivity index (χ0) is 13.7. The van der Waals surface area contributed by atoms with Crippen molar-refractivity contribution >= 4 is 15.9 Å². The van der Waals surface area contributed by atoms with Crippen LogP contribution in [0.15, 0.2) is 41.1 Å². The molecule has 0 aliphatic carbocycles. The summed E-state index contributed by atoms with van der Waals surface area (Å²) in [6.07, 6.45) is 4.88. The average molecular weight is 322 g/mol. The number of benzene rings is 1. The van der Waals surface area contributed by atoms with Gasteiger partial charge in [0, 0.05) is 12.2 Å². The van der Waals surface area contributed by atoms with Crippen molar-refractivity contribution in [1.82, 2.24) is 15.1 Å². The zero-order valence-electron chi connectivity index (χ0n) is 11.4. The lowest BCUT2D eigenvalue weighted by Gasteiger charge is -2.12. The Bertz CT molecular complexity index is 520. The van der Waals surface area contributed by atoms with Crippen molar-refractivity contribution in [3.05, 3.63) is 52.3 Å². The zero-order valence-corrected chi connectivity index (χ0v) is 13.0. The van der Waals surface area contributed by atoms with Crippen LogP contribution in [0.25, 0.3) is 0 Å². The molecule has 1 heterocycles. The van der Waals surface area contributed by atoms with Crippen molar-refractivity contribution in [2.75, 3.05) is 6.54 Å². The van der Waals surface area contributed by atoms with Crippen LogP contribution in [-0.2, 0) is 13.0 Å². The Kier molecular flexibility index (Phi) is 5.16. The minimum Gasteiger partial charge on any atom is -0.314 e. The van der Waals surface area contributed by atoms with Crippen LogP contribution < -0.4 is 5.32 Å². The third-order valence-electron chi connectivity index (χ3n) is 3.00. The monoisotopic (exact) mass is 321 g/mol. The van der Waals surface area contributed by atoms with Gasteiger partial charge in [-0.2, -0.15) is 5.10 Å². The standard InChI is InChI=1S/C15H20BrN3/c1-12(2)17-8-7-13-5-3-4-6-14(13)10-19-11-15(16)9-18-19/h3-6,9,11-12,17H,7-8,10H2,1-2H3. The van der Waals surface area contributed by atoms with E-state index in [-0.39, 0.29) is 0 Å². The van der Waals surface area contributed by atoms with Gasteiger partial charge in [-0.15, -0.1) is 0 Å². The lowest BCUT2D eigenvalue weighted by Crippen LogP contribution is -2.25. The first kappa shape index (κ1) is 14.3. The van der Waals surface area contributed by atoms with E-state index in [0.29, 0.717) is 6.04 Å². The van der Waals surface area contributed by atoms with Gasteiger partial charge < -0.3 is 5.32 Å². The number of hydrogen-bond acceptors (Lipinski definition) is 2. The minimum atomic E-state index is 0.536. The van der Waals surface area contributed by atoms with Crippen molar-refractivity contribution in [3.63, 3.8) is 0 Å². The fourth-order valence-corrected chi connectivity index (χ4v) is 2.38. The maximum Gasteiger partial charge on any atom is 0.0662 e. The number of nitrogens with zero attached hydrogens (tertiary/aromatic N) is 2. The number of rotatable bonds is 6. The van der Waals surface area contributed by atoms with E-state index in [1.807, 2.05) is 17.1 Å². The van der Waals surface area contributed by atoms with Gasteiger partial charge in [-0.3, -0.25) is 4.68 Å². The third-order valence-corrected chi connectivity index (χ3v) is 3.41. The van der Waals surface area contributed by atoms with E-state index in [2.05, 4.69) is 64.5 Å². The van der Waals surface area contributed by atoms with Gasteiger partial charge in [0.05, 0.1) is 17.2 Å². The van der Waals surface area contributed by atoms with Crippen LogP contribution in [0, 0.1) is 0 Å². The Balaban J connectivity index is 2.03. The summed E-state index contributed by atoms with van der Waals surface area (Å²) in [6.45, 7) is 6.18. The van der Waals surface area contributed by atoms with Gasteiger partial charge in [-0.05, 0) is 40.0 Å². The maximum atomic E-state index is 4.31. The lowest BCUT2D eigenvalue weighted by atomic mass is 10.0. The second-order valence-corrected chi connectivity index (χ2v) is 5.90. The van der Waals surface area contributed by atoms with Gasteiger partial charge >= 0.3 is 0 Å². The molecule has 0 spiro atoms. The number of aromatic nitrogens is 2. The molecule has 102 valence electrons. The van der Waals surface area contributed by atoms with Gasteiger partial charge in [0.15, 0.2) is 0 Å². The molecule has 0 bridgehead atoms. The number of halogens is 1. The van der Waals surface area contributed by atoms with Gasteiger partial charge in [0.25, 0.3) is 0 Å². The first-order valence-corrected chi connectivity index (χ1v) is 7.42. The Morgan fingerprint density at radius 1 is 1.26 bits per heavy atom. The topological polar surface area (TPSA) is 29.9 Å². The molecule has 19 heavy (non-hydrogen) atoms. The molecule has 1 N–H and O–H groups in total. The lowest BCUT2D eigenvalue weighted by molar-refractivity contribution is 0.587. The van der Waals surface area contributed by atoms with Crippen LogP contribution in [0.2, 0.25) is 0 Å². The van der Waals surface area contributed by atoms with Crippen molar-refractivity contribution in [2.24, 2.45) is 0 Å². The quantitative estimate of drug-likeness (QED) is 0.885. The Hall–Kier alpha value is -1.13. The molecule has 3 nitrogen and oxygen atoms in total. The summed E-state index contributed by atoms with van der Waals surface area (Å²) >= 11 is 3.43. The molecule has 2 rings (SSSR count). The van der Waals surface area contributed by atoms with E-state index in [4.69, 9.17) is 0 Å². The van der Waals surface area contributed by atoms with Crippen LogP contribution >= 0.6 is 15.9 Å². The summed E-state index contributed by atoms with van der Waals surface area (Å²) in [5.74, 6) is 0. The first-order valence-electron chi connectivity index (χ1n) is 6.63. The molecule has 1 aromatic carbocycles. The summed E-state index contributed by atoms with van der Waals surface area (Å²) in [4.78, 5) is 0. The van der Waals surface area contributed by atoms with E-state index >= 15 is 0 Å². The van der Waals surface area contributed by atoms with E-state index in [1.165, 1.54) is 11.1 Å². The predicted molar refractivity (Wildman–Crippen MR) is 82.3 cm³/mol. The fourth-order valence-electron chi connectivity index (χ4n) is 2.05. The highest BCUT2D eigenvalue weighted by Gasteiger charge is 2.04. The molecule has 0 fully saturated rings. The van der Waals surface area contributed by atoms with Crippen molar-refractivity contribution in [1.29, 1.82) is 0 Å². The molecule has 0 aliphatic heterocycles. The largest absolute Gasteiger partial charge is 0.314 e. The van der Waals surface area contributed by atoms with E-state index in [1.54, 1.807) is 0 Å². The Morgan fingerprint density at radius 2 is 2.00 bits per heavy atom. The van der Waals surface area contributed by atoms with E-state index in [9.17, 15) is 0 Å². The molecule has 0 amide bonds. The average Bonchev–Trinajstić information content (AvgIpc) is 2.77. The van der Waals surface area contributed by atoms with Crippen LogP contribution in [0.4, 0.5) is 0 Å². The summed E-state index contributed by atoms with van der Waals surface area (Å²) < 4.78 is 2.98. The smallest absolute Gasteiger partial charge is 0.0662 e. The van der Waals surface area contributed by atoms with Gasteiger partial charge in [0.1, 0.15) is 0 Å². The number of hydrogen-bond donors (Lipinski definition) is 1. The molecule has 0 unspecified atom stereocenters. The summed E-state index contributed by atoms with van der Waals surface area (Å²) in [5, 5.41) is 7.77. The van der Waals surface area contributed by atoms with Gasteiger partial charge in [0.2, 0.25) is 0 Å². The van der Waals surface area contributed by atoms with Crippen LogP contribution in [-0.4, -0.2) is 22.4 Å². The van der Waals surface area contributed by atoms with Crippen molar-refractivity contribution in [3.8, 4) is 0 Å². The predicted octanol–water partition coefficient (Wildman–Crippen LogP) is 3.23.